The molecule has 118 valence electrons. The van der Waals surface area contributed by atoms with Gasteiger partial charge in [0.1, 0.15) is 6.04 Å². The molecule has 1 amide bonds. The number of rotatable bonds is 7. The average Bonchev–Trinajstić information content (AvgIpc) is 2.41. The van der Waals surface area contributed by atoms with E-state index in [4.69, 9.17) is 0 Å². The van der Waals surface area contributed by atoms with Gasteiger partial charge in [0.2, 0.25) is 5.91 Å². The summed E-state index contributed by atoms with van der Waals surface area (Å²) < 4.78 is 27.1. The minimum absolute atomic E-state index is 0.0452. The zero-order chi connectivity index (χ0) is 16.0. The molecule has 1 heterocycles. The Bertz CT molecular complexity index is 494. The molecular weight excluding hydrogens is 278 g/mol. The third kappa shape index (κ3) is 5.17. The number of aromatic nitrogens is 1. The first kappa shape index (κ1) is 17.1. The first-order chi connectivity index (χ1) is 9.85. The van der Waals surface area contributed by atoms with Crippen molar-refractivity contribution in [2.24, 2.45) is 5.92 Å². The van der Waals surface area contributed by atoms with E-state index in [1.54, 1.807) is 13.8 Å². The summed E-state index contributed by atoms with van der Waals surface area (Å²) in [5.74, 6) is -1.74. The molecule has 0 fully saturated rings. The number of nitrogens with one attached hydrogen (secondary N) is 3. The Hall–Kier alpha value is -1.92. The van der Waals surface area contributed by atoms with Gasteiger partial charge in [0.05, 0.1) is 0 Å². The fourth-order valence-corrected chi connectivity index (χ4v) is 1.59. The minimum Gasteiger partial charge on any atom is -0.368 e. The van der Waals surface area contributed by atoms with Crippen molar-refractivity contribution >= 4 is 17.5 Å². The Kier molecular flexibility index (Phi) is 6.33. The lowest BCUT2D eigenvalue weighted by Gasteiger charge is -2.17. The summed E-state index contributed by atoms with van der Waals surface area (Å²) in [6, 6.07) is 0.0668. The van der Waals surface area contributed by atoms with Gasteiger partial charge in [-0.25, -0.2) is 13.8 Å². The van der Waals surface area contributed by atoms with Gasteiger partial charge < -0.3 is 16.0 Å². The van der Waals surface area contributed by atoms with Crippen molar-refractivity contribution in [1.29, 1.82) is 0 Å². The number of carbonyl (C=O) groups excluding carboxylic acids is 1. The van der Waals surface area contributed by atoms with Gasteiger partial charge in [-0.2, -0.15) is 0 Å². The summed E-state index contributed by atoms with van der Waals surface area (Å²) >= 11 is 0. The first-order valence-corrected chi connectivity index (χ1v) is 6.99. The van der Waals surface area contributed by atoms with E-state index in [2.05, 4.69) is 20.9 Å². The Morgan fingerprint density at radius 1 is 1.24 bits per heavy atom. The maximum Gasteiger partial charge on any atom is 0.242 e. The molecule has 1 aromatic rings. The van der Waals surface area contributed by atoms with E-state index in [1.807, 2.05) is 13.8 Å². The molecule has 0 aliphatic rings. The monoisotopic (exact) mass is 300 g/mol. The smallest absolute Gasteiger partial charge is 0.242 e. The lowest BCUT2D eigenvalue weighted by Crippen LogP contribution is -2.39. The molecular formula is C14H22F2N4O. The van der Waals surface area contributed by atoms with Crippen LogP contribution in [0.25, 0.3) is 0 Å². The lowest BCUT2D eigenvalue weighted by atomic mass is 10.2. The number of hydrogen-bond donors (Lipinski definition) is 3. The molecule has 3 N–H and O–H groups in total. The molecule has 1 aromatic heterocycles. The van der Waals surface area contributed by atoms with Crippen molar-refractivity contribution in [2.75, 3.05) is 23.7 Å². The van der Waals surface area contributed by atoms with Crippen LogP contribution in [-0.4, -0.2) is 30.0 Å². The molecule has 1 atom stereocenters. The fourth-order valence-electron chi connectivity index (χ4n) is 1.59. The normalized spacial score (nSPS) is 12.1. The molecule has 0 radical (unpaired) electrons. The zero-order valence-electron chi connectivity index (χ0n) is 12.8. The quantitative estimate of drug-likeness (QED) is 0.723. The molecule has 0 saturated heterocycles. The van der Waals surface area contributed by atoms with Crippen LogP contribution in [0.4, 0.5) is 20.4 Å². The van der Waals surface area contributed by atoms with Gasteiger partial charge in [0.15, 0.2) is 23.3 Å². The van der Waals surface area contributed by atoms with Gasteiger partial charge in [-0.05, 0) is 19.8 Å². The molecule has 0 aliphatic carbocycles. The van der Waals surface area contributed by atoms with E-state index < -0.39 is 17.7 Å². The average molecular weight is 300 g/mol. The standard InChI is InChI=1S/C14H22F2N4O/c1-5-17-12-10(15)6-11(16)13(20-12)19-9(4)14(21)18-7-8(2)3/h6,8-9H,5,7H2,1-4H3,(H,18,21)(H2,17,19,20). The fraction of sp³-hybridized carbons (Fsp3) is 0.571. The number of nitrogens with zero attached hydrogens (tertiary/aromatic N) is 1. The van der Waals surface area contributed by atoms with Crippen LogP contribution in [0.1, 0.15) is 27.7 Å². The molecule has 5 nitrogen and oxygen atoms in total. The Morgan fingerprint density at radius 2 is 1.86 bits per heavy atom. The predicted molar refractivity (Wildman–Crippen MR) is 79.2 cm³/mol. The van der Waals surface area contributed by atoms with Gasteiger partial charge in [0, 0.05) is 19.2 Å². The van der Waals surface area contributed by atoms with Crippen LogP contribution in [-0.2, 0) is 4.79 Å². The maximum absolute atomic E-state index is 13.7. The second-order valence-electron chi connectivity index (χ2n) is 5.18. The van der Waals surface area contributed by atoms with E-state index in [9.17, 15) is 13.6 Å². The lowest BCUT2D eigenvalue weighted by molar-refractivity contribution is -0.121. The predicted octanol–water partition coefficient (Wildman–Crippen LogP) is 2.36. The topological polar surface area (TPSA) is 66.0 Å². The van der Waals surface area contributed by atoms with Gasteiger partial charge >= 0.3 is 0 Å². The van der Waals surface area contributed by atoms with E-state index in [0.29, 0.717) is 19.0 Å². The molecule has 0 aromatic carbocycles. The van der Waals surface area contributed by atoms with E-state index in [1.165, 1.54) is 0 Å². The summed E-state index contributed by atoms with van der Waals surface area (Å²) in [5.41, 5.74) is 0. The van der Waals surface area contributed by atoms with Crippen molar-refractivity contribution in [1.82, 2.24) is 10.3 Å². The number of pyridine rings is 1. The maximum atomic E-state index is 13.7. The van der Waals surface area contributed by atoms with Crippen LogP contribution in [0.15, 0.2) is 6.07 Å². The van der Waals surface area contributed by atoms with Crippen LogP contribution in [0.2, 0.25) is 0 Å². The first-order valence-electron chi connectivity index (χ1n) is 6.99. The SMILES string of the molecule is CCNc1nc(NC(C)C(=O)NCC(C)C)c(F)cc1F. The zero-order valence-corrected chi connectivity index (χ0v) is 12.8. The third-order valence-electron chi connectivity index (χ3n) is 2.70. The number of anilines is 2. The highest BCUT2D eigenvalue weighted by atomic mass is 19.1. The van der Waals surface area contributed by atoms with E-state index >= 15 is 0 Å². The Labute approximate surface area is 123 Å². The third-order valence-corrected chi connectivity index (χ3v) is 2.70. The highest BCUT2D eigenvalue weighted by Gasteiger charge is 2.17. The summed E-state index contributed by atoms with van der Waals surface area (Å²) in [4.78, 5) is 15.7. The van der Waals surface area contributed by atoms with Crippen LogP contribution < -0.4 is 16.0 Å². The minimum atomic E-state index is -0.835. The number of hydrogen-bond acceptors (Lipinski definition) is 4. The van der Waals surface area contributed by atoms with E-state index in [0.717, 1.165) is 6.07 Å². The second kappa shape index (κ2) is 7.75. The van der Waals surface area contributed by atoms with Crippen molar-refractivity contribution in [2.45, 2.75) is 33.7 Å². The molecule has 21 heavy (non-hydrogen) atoms. The van der Waals surface area contributed by atoms with Crippen molar-refractivity contribution in [3.05, 3.63) is 17.7 Å². The molecule has 7 heteroatoms. The molecule has 1 rings (SSSR count). The summed E-state index contributed by atoms with van der Waals surface area (Å²) in [5, 5.41) is 8.08. The highest BCUT2D eigenvalue weighted by molar-refractivity contribution is 5.83. The van der Waals surface area contributed by atoms with Gasteiger partial charge in [-0.15, -0.1) is 0 Å². The molecule has 0 spiro atoms. The van der Waals surface area contributed by atoms with Gasteiger partial charge in [-0.1, -0.05) is 13.8 Å². The molecule has 0 bridgehead atoms. The van der Waals surface area contributed by atoms with E-state index in [-0.39, 0.29) is 17.5 Å². The van der Waals surface area contributed by atoms with Crippen LogP contribution in [0.5, 0.6) is 0 Å². The molecule has 0 aliphatic heterocycles. The van der Waals surface area contributed by atoms with Crippen LogP contribution in [0, 0.1) is 17.6 Å². The van der Waals surface area contributed by atoms with Crippen molar-refractivity contribution in [3.63, 3.8) is 0 Å². The number of amides is 1. The Balaban J connectivity index is 2.77. The number of halogens is 2. The van der Waals surface area contributed by atoms with Crippen LogP contribution >= 0.6 is 0 Å². The van der Waals surface area contributed by atoms with Gasteiger partial charge in [0.25, 0.3) is 0 Å². The molecule has 0 saturated carbocycles. The van der Waals surface area contributed by atoms with Crippen molar-refractivity contribution in [3.8, 4) is 0 Å². The van der Waals surface area contributed by atoms with Crippen molar-refractivity contribution < 1.29 is 13.6 Å². The highest BCUT2D eigenvalue weighted by Crippen LogP contribution is 2.19. The number of carbonyl (C=O) groups is 1. The largest absolute Gasteiger partial charge is 0.368 e. The molecule has 1 unspecified atom stereocenters. The summed E-state index contributed by atoms with van der Waals surface area (Å²) in [7, 11) is 0. The van der Waals surface area contributed by atoms with Gasteiger partial charge in [-0.3, -0.25) is 4.79 Å². The second-order valence-corrected chi connectivity index (χ2v) is 5.18. The van der Waals surface area contributed by atoms with Crippen LogP contribution in [0.3, 0.4) is 0 Å². The Morgan fingerprint density at radius 3 is 2.43 bits per heavy atom. The summed E-state index contributed by atoms with van der Waals surface area (Å²) in [6.45, 7) is 8.31. The summed E-state index contributed by atoms with van der Waals surface area (Å²) in [6.07, 6.45) is 0.